The summed E-state index contributed by atoms with van der Waals surface area (Å²) in [5, 5.41) is 5.16. The van der Waals surface area contributed by atoms with E-state index in [1.807, 2.05) is 13.8 Å². The van der Waals surface area contributed by atoms with E-state index in [2.05, 4.69) is 10.6 Å². The third-order valence-corrected chi connectivity index (χ3v) is 5.80. The van der Waals surface area contributed by atoms with Gasteiger partial charge in [0.2, 0.25) is 23.6 Å². The van der Waals surface area contributed by atoms with Crippen LogP contribution in [0.5, 0.6) is 0 Å². The van der Waals surface area contributed by atoms with Crippen molar-refractivity contribution in [3.05, 3.63) is 0 Å². The van der Waals surface area contributed by atoms with Crippen molar-refractivity contribution in [3.8, 4) is 0 Å². The van der Waals surface area contributed by atoms with Crippen LogP contribution in [0.3, 0.4) is 0 Å². The van der Waals surface area contributed by atoms with Crippen LogP contribution >= 0.6 is 11.8 Å². The van der Waals surface area contributed by atoms with Crippen LogP contribution in [0.1, 0.15) is 58.8 Å². The van der Waals surface area contributed by atoms with Gasteiger partial charge < -0.3 is 22.1 Å². The van der Waals surface area contributed by atoms with Gasteiger partial charge in [-0.05, 0) is 38.9 Å². The number of hydrogen-bond acceptors (Lipinski definition) is 7. The Kier molecular flexibility index (Phi) is 11.2. The summed E-state index contributed by atoms with van der Waals surface area (Å²) in [6, 6.07) is -0.119. The van der Waals surface area contributed by atoms with Crippen molar-refractivity contribution in [2.75, 3.05) is 12.9 Å². The highest BCUT2D eigenvalue weighted by Gasteiger charge is 2.37. The minimum absolute atomic E-state index is 0.00606. The fourth-order valence-corrected chi connectivity index (χ4v) is 3.80. The molecule has 10 heteroatoms. The molecule has 1 saturated heterocycles. The van der Waals surface area contributed by atoms with Crippen LogP contribution in [-0.4, -0.2) is 64.8 Å². The summed E-state index contributed by atoms with van der Waals surface area (Å²) in [4.78, 5) is 49.0. The molecule has 1 heterocycles. The van der Waals surface area contributed by atoms with E-state index >= 15 is 0 Å². The van der Waals surface area contributed by atoms with Crippen LogP contribution in [0.4, 0.5) is 0 Å². The molecule has 166 valence electrons. The fraction of sp³-hybridized carbons (Fsp3) is 0.789. The maximum absolute atomic E-state index is 12.2. The molecule has 6 N–H and O–H groups in total. The monoisotopic (exact) mass is 429 g/mol. The Balaban J connectivity index is 2.32. The van der Waals surface area contributed by atoms with Gasteiger partial charge in [-0.15, -0.1) is 0 Å². The average molecular weight is 430 g/mol. The Hall–Kier alpha value is -1.65. The Labute approximate surface area is 177 Å². The third-order valence-electron chi connectivity index (χ3n) is 4.86. The van der Waals surface area contributed by atoms with Gasteiger partial charge in [0.15, 0.2) is 0 Å². The van der Waals surface area contributed by atoms with Crippen molar-refractivity contribution in [1.29, 1.82) is 0 Å². The predicted octanol–water partition coefficient (Wildman–Crippen LogP) is 0.0704. The molecule has 0 spiro atoms. The predicted molar refractivity (Wildman–Crippen MR) is 114 cm³/mol. The van der Waals surface area contributed by atoms with Crippen LogP contribution in [0.25, 0.3) is 0 Å². The second-order valence-corrected chi connectivity index (χ2v) is 8.62. The van der Waals surface area contributed by atoms with Crippen LogP contribution in [-0.2, 0) is 19.2 Å². The second kappa shape index (κ2) is 12.8. The van der Waals surface area contributed by atoms with E-state index in [-0.39, 0.29) is 72.9 Å². The van der Waals surface area contributed by atoms with Crippen LogP contribution in [0.2, 0.25) is 0 Å². The summed E-state index contributed by atoms with van der Waals surface area (Å²) in [6.45, 7) is 3.77. The first kappa shape index (κ1) is 25.4. The summed E-state index contributed by atoms with van der Waals surface area (Å²) in [7, 11) is 0. The summed E-state index contributed by atoms with van der Waals surface area (Å²) < 4.78 is 0. The van der Waals surface area contributed by atoms with Gasteiger partial charge in [-0.2, -0.15) is 11.8 Å². The molecular weight excluding hydrogens is 394 g/mol. The number of rotatable bonds is 13. The van der Waals surface area contributed by atoms with Gasteiger partial charge >= 0.3 is 0 Å². The number of imide groups is 1. The summed E-state index contributed by atoms with van der Waals surface area (Å²) in [5.41, 5.74) is 11.8. The van der Waals surface area contributed by atoms with E-state index in [1.54, 1.807) is 6.26 Å². The molecule has 29 heavy (non-hydrogen) atoms. The zero-order chi connectivity index (χ0) is 22.0. The topological polar surface area (TPSA) is 148 Å². The second-order valence-electron chi connectivity index (χ2n) is 7.58. The average Bonchev–Trinajstić information content (AvgIpc) is 2.92. The van der Waals surface area contributed by atoms with Crippen molar-refractivity contribution < 1.29 is 19.2 Å². The van der Waals surface area contributed by atoms with E-state index in [9.17, 15) is 19.2 Å². The van der Waals surface area contributed by atoms with Crippen LogP contribution in [0.15, 0.2) is 0 Å². The molecule has 0 aliphatic carbocycles. The summed E-state index contributed by atoms with van der Waals surface area (Å²) >= 11 is 1.33. The molecular formula is C19H35N5O4S. The van der Waals surface area contributed by atoms with Crippen molar-refractivity contribution in [2.24, 2.45) is 11.5 Å². The zero-order valence-electron chi connectivity index (χ0n) is 17.6. The molecule has 1 aliphatic rings. The minimum Gasteiger partial charge on any atom is -0.353 e. The highest BCUT2D eigenvalue weighted by Crippen LogP contribution is 2.22. The lowest BCUT2D eigenvalue weighted by Crippen LogP contribution is -2.42. The maximum Gasteiger partial charge on any atom is 0.244 e. The van der Waals surface area contributed by atoms with Crippen molar-refractivity contribution in [1.82, 2.24) is 15.5 Å². The van der Waals surface area contributed by atoms with Gasteiger partial charge in [0.1, 0.15) is 6.67 Å². The normalized spacial score (nSPS) is 19.8. The number of nitrogens with two attached hydrogens (primary N) is 2. The van der Waals surface area contributed by atoms with E-state index in [1.165, 1.54) is 11.8 Å². The number of nitrogens with one attached hydrogen (secondary N) is 2. The van der Waals surface area contributed by atoms with Crippen LogP contribution in [0, 0.1) is 0 Å². The molecule has 0 radical (unpaired) electrons. The molecule has 0 saturated carbocycles. The van der Waals surface area contributed by atoms with Gasteiger partial charge in [-0.1, -0.05) is 6.92 Å². The Morgan fingerprint density at radius 2 is 1.86 bits per heavy atom. The van der Waals surface area contributed by atoms with E-state index in [0.29, 0.717) is 19.3 Å². The lowest BCUT2D eigenvalue weighted by atomic mass is 9.99. The number of hydrogen-bond donors (Lipinski definition) is 4. The molecule has 1 aliphatic heterocycles. The Morgan fingerprint density at radius 3 is 2.41 bits per heavy atom. The van der Waals surface area contributed by atoms with Gasteiger partial charge in [0, 0.05) is 37.4 Å². The Bertz CT molecular complexity index is 587. The fourth-order valence-electron chi connectivity index (χ4n) is 3.16. The summed E-state index contributed by atoms with van der Waals surface area (Å²) in [6.07, 6.45) is 4.80. The maximum atomic E-state index is 12.2. The molecule has 0 aromatic rings. The number of amides is 4. The van der Waals surface area contributed by atoms with Crippen molar-refractivity contribution in [2.45, 2.75) is 82.2 Å². The molecule has 0 aromatic carbocycles. The van der Waals surface area contributed by atoms with E-state index in [4.69, 9.17) is 11.5 Å². The molecule has 0 aromatic heterocycles. The standard InChI is InChI=1S/C19H35N5O4S/c1-4-13(21)9-14(8-12(2)20)23-17(26)7-5-6-16(25)22-11-24-18(27)10-15(29-3)19(24)28/h12-15H,4-11,20-21H2,1-3H3,(H,22,25)(H,23,26). The summed E-state index contributed by atoms with van der Waals surface area (Å²) in [5.74, 6) is -0.988. The van der Waals surface area contributed by atoms with Crippen molar-refractivity contribution >= 4 is 35.4 Å². The van der Waals surface area contributed by atoms with Gasteiger partial charge in [0.05, 0.1) is 5.25 Å². The number of carbonyl (C=O) groups excluding carboxylic acids is 4. The SMILES string of the molecule is CCC(N)CC(CC(C)N)NC(=O)CCCC(=O)NCN1C(=O)CC(SC)C1=O. The number of carbonyl (C=O) groups is 4. The number of nitrogens with zero attached hydrogens (tertiary/aromatic N) is 1. The molecule has 4 amide bonds. The molecule has 1 rings (SSSR count). The highest BCUT2D eigenvalue weighted by molar-refractivity contribution is 8.00. The van der Waals surface area contributed by atoms with Crippen LogP contribution < -0.4 is 22.1 Å². The van der Waals surface area contributed by atoms with Gasteiger partial charge in [0.25, 0.3) is 0 Å². The third kappa shape index (κ3) is 9.14. The Morgan fingerprint density at radius 1 is 1.21 bits per heavy atom. The quantitative estimate of drug-likeness (QED) is 0.303. The smallest absolute Gasteiger partial charge is 0.244 e. The number of thioether (sulfide) groups is 1. The van der Waals surface area contributed by atoms with Gasteiger partial charge in [-0.25, -0.2) is 0 Å². The molecule has 4 unspecified atom stereocenters. The largest absolute Gasteiger partial charge is 0.353 e. The van der Waals surface area contributed by atoms with Gasteiger partial charge in [-0.3, -0.25) is 24.1 Å². The number of likely N-dealkylation sites (tertiary alicyclic amines) is 1. The van der Waals surface area contributed by atoms with Crippen molar-refractivity contribution in [3.63, 3.8) is 0 Å². The lowest BCUT2D eigenvalue weighted by molar-refractivity contribution is -0.139. The minimum atomic E-state index is -0.367. The molecule has 9 nitrogen and oxygen atoms in total. The molecule has 4 atom stereocenters. The lowest BCUT2D eigenvalue weighted by Gasteiger charge is -2.23. The zero-order valence-corrected chi connectivity index (χ0v) is 18.4. The first-order valence-corrected chi connectivity index (χ1v) is 11.4. The van der Waals surface area contributed by atoms with E-state index in [0.717, 1.165) is 11.3 Å². The first-order chi connectivity index (χ1) is 13.7. The van der Waals surface area contributed by atoms with E-state index < -0.39 is 0 Å². The first-order valence-electron chi connectivity index (χ1n) is 10.1. The molecule has 1 fully saturated rings. The molecule has 0 bridgehead atoms. The highest BCUT2D eigenvalue weighted by atomic mass is 32.2.